The van der Waals surface area contributed by atoms with E-state index in [-0.39, 0.29) is 0 Å². The molecular formula is C13H20N2S. The molecule has 2 nitrogen and oxygen atoms in total. The van der Waals surface area contributed by atoms with Gasteiger partial charge in [-0.1, -0.05) is 12.1 Å². The molecule has 2 N–H and O–H groups in total. The molecule has 1 heterocycles. The molecule has 16 heavy (non-hydrogen) atoms. The van der Waals surface area contributed by atoms with E-state index in [1.165, 1.54) is 34.7 Å². The fourth-order valence-electron chi connectivity index (χ4n) is 2.20. The molecule has 0 amide bonds. The van der Waals surface area contributed by atoms with Crippen LogP contribution < -0.4 is 10.6 Å². The second kappa shape index (κ2) is 5.11. The summed E-state index contributed by atoms with van der Waals surface area (Å²) in [7, 11) is 2.20. The van der Waals surface area contributed by atoms with Crippen molar-refractivity contribution in [1.29, 1.82) is 0 Å². The highest BCUT2D eigenvalue weighted by molar-refractivity contribution is 7.99. The monoisotopic (exact) mass is 236 g/mol. The standard InChI is InChI=1S/C13H20N2S/c1-10-3-4-11(8-14)13(7-10)15(2)12-5-6-16-9-12/h3-4,7,12H,5-6,8-9,14H2,1-2H3. The van der Waals surface area contributed by atoms with Crippen molar-refractivity contribution in [2.75, 3.05) is 23.5 Å². The molecule has 1 fully saturated rings. The molecule has 1 unspecified atom stereocenters. The largest absolute Gasteiger partial charge is 0.370 e. The highest BCUT2D eigenvalue weighted by Crippen LogP contribution is 2.28. The van der Waals surface area contributed by atoms with Gasteiger partial charge in [-0.25, -0.2) is 0 Å². The molecule has 1 aromatic carbocycles. The summed E-state index contributed by atoms with van der Waals surface area (Å²) < 4.78 is 0. The van der Waals surface area contributed by atoms with Gasteiger partial charge in [0.1, 0.15) is 0 Å². The van der Waals surface area contributed by atoms with Crippen LogP contribution in [0.25, 0.3) is 0 Å². The highest BCUT2D eigenvalue weighted by atomic mass is 32.2. The lowest BCUT2D eigenvalue weighted by atomic mass is 10.1. The van der Waals surface area contributed by atoms with Gasteiger partial charge in [0.2, 0.25) is 0 Å². The number of hydrogen-bond donors (Lipinski definition) is 1. The zero-order valence-electron chi connectivity index (χ0n) is 10.1. The van der Waals surface area contributed by atoms with Gasteiger partial charge in [0.25, 0.3) is 0 Å². The number of anilines is 1. The van der Waals surface area contributed by atoms with Crippen LogP contribution >= 0.6 is 11.8 Å². The van der Waals surface area contributed by atoms with Crippen LogP contribution in [0, 0.1) is 6.92 Å². The first-order valence-corrected chi connectivity index (χ1v) is 6.98. The summed E-state index contributed by atoms with van der Waals surface area (Å²) in [5.41, 5.74) is 9.68. The Labute approximate surface area is 102 Å². The highest BCUT2D eigenvalue weighted by Gasteiger charge is 2.21. The van der Waals surface area contributed by atoms with E-state index < -0.39 is 0 Å². The normalized spacial score (nSPS) is 20.1. The summed E-state index contributed by atoms with van der Waals surface area (Å²) in [4.78, 5) is 2.41. The van der Waals surface area contributed by atoms with Crippen LogP contribution in [-0.4, -0.2) is 24.6 Å². The van der Waals surface area contributed by atoms with Crippen LogP contribution in [0.2, 0.25) is 0 Å². The van der Waals surface area contributed by atoms with Gasteiger partial charge in [-0.2, -0.15) is 11.8 Å². The Morgan fingerprint density at radius 3 is 2.94 bits per heavy atom. The molecule has 1 atom stereocenters. The summed E-state index contributed by atoms with van der Waals surface area (Å²) in [5, 5.41) is 0. The van der Waals surface area contributed by atoms with Crippen LogP contribution in [0.3, 0.4) is 0 Å². The first-order valence-electron chi connectivity index (χ1n) is 5.82. The molecule has 0 spiro atoms. The van der Waals surface area contributed by atoms with Crippen LogP contribution in [0.4, 0.5) is 5.69 Å². The smallest absolute Gasteiger partial charge is 0.0414 e. The molecule has 1 aliphatic heterocycles. The Balaban J connectivity index is 2.26. The first-order chi connectivity index (χ1) is 7.72. The van der Waals surface area contributed by atoms with Gasteiger partial charge in [-0.05, 0) is 36.3 Å². The third-order valence-electron chi connectivity index (χ3n) is 3.29. The molecule has 1 saturated heterocycles. The van der Waals surface area contributed by atoms with Crippen molar-refractivity contribution in [2.24, 2.45) is 5.73 Å². The summed E-state index contributed by atoms with van der Waals surface area (Å²) in [6, 6.07) is 7.23. The zero-order valence-corrected chi connectivity index (χ0v) is 10.9. The molecule has 88 valence electrons. The van der Waals surface area contributed by atoms with Crippen molar-refractivity contribution in [1.82, 2.24) is 0 Å². The van der Waals surface area contributed by atoms with Crippen molar-refractivity contribution in [2.45, 2.75) is 25.9 Å². The topological polar surface area (TPSA) is 29.3 Å². The Hall–Kier alpha value is -0.670. The molecule has 1 aromatic rings. The van der Waals surface area contributed by atoms with E-state index in [0.717, 1.165) is 0 Å². The maximum Gasteiger partial charge on any atom is 0.0414 e. The molecule has 0 aliphatic carbocycles. The van der Waals surface area contributed by atoms with Gasteiger partial charge in [-0.3, -0.25) is 0 Å². The van der Waals surface area contributed by atoms with Gasteiger partial charge in [0, 0.05) is 31.1 Å². The summed E-state index contributed by atoms with van der Waals surface area (Å²) in [6.07, 6.45) is 1.29. The number of aryl methyl sites for hydroxylation is 1. The van der Waals surface area contributed by atoms with Crippen molar-refractivity contribution in [3.63, 3.8) is 0 Å². The second-order valence-corrected chi connectivity index (χ2v) is 5.61. The molecule has 0 aromatic heterocycles. The molecule has 0 radical (unpaired) electrons. The van der Waals surface area contributed by atoms with Gasteiger partial charge >= 0.3 is 0 Å². The molecule has 3 heteroatoms. The predicted octanol–water partition coefficient (Wildman–Crippen LogP) is 2.40. The predicted molar refractivity (Wildman–Crippen MR) is 73.2 cm³/mol. The summed E-state index contributed by atoms with van der Waals surface area (Å²) >= 11 is 2.05. The molecule has 2 rings (SSSR count). The maximum absolute atomic E-state index is 5.81. The Kier molecular flexibility index (Phi) is 3.77. The van der Waals surface area contributed by atoms with E-state index in [2.05, 4.69) is 37.1 Å². The minimum absolute atomic E-state index is 0.625. The van der Waals surface area contributed by atoms with E-state index in [0.29, 0.717) is 12.6 Å². The molecular weight excluding hydrogens is 216 g/mol. The number of benzene rings is 1. The fourth-order valence-corrected chi connectivity index (χ4v) is 3.47. The minimum Gasteiger partial charge on any atom is -0.370 e. The van der Waals surface area contributed by atoms with Crippen molar-refractivity contribution in [3.05, 3.63) is 29.3 Å². The average Bonchev–Trinajstić information content (AvgIpc) is 2.81. The van der Waals surface area contributed by atoms with E-state index in [4.69, 9.17) is 5.73 Å². The first kappa shape index (κ1) is 11.8. The lowest BCUT2D eigenvalue weighted by molar-refractivity contribution is 0.696. The summed E-state index contributed by atoms with van der Waals surface area (Å²) in [5.74, 6) is 2.53. The van der Waals surface area contributed by atoms with E-state index in [9.17, 15) is 0 Å². The number of nitrogens with zero attached hydrogens (tertiary/aromatic N) is 1. The van der Waals surface area contributed by atoms with E-state index in [1.807, 2.05) is 11.8 Å². The Bertz CT molecular complexity index is 359. The van der Waals surface area contributed by atoms with E-state index in [1.54, 1.807) is 0 Å². The number of nitrogens with two attached hydrogens (primary N) is 1. The molecule has 1 aliphatic rings. The molecule has 0 bridgehead atoms. The molecule has 0 saturated carbocycles. The van der Waals surface area contributed by atoms with Crippen molar-refractivity contribution >= 4 is 17.4 Å². The van der Waals surface area contributed by atoms with Crippen LogP contribution in [0.15, 0.2) is 18.2 Å². The fraction of sp³-hybridized carbons (Fsp3) is 0.538. The van der Waals surface area contributed by atoms with Crippen LogP contribution in [-0.2, 0) is 6.54 Å². The Morgan fingerprint density at radius 1 is 1.50 bits per heavy atom. The van der Waals surface area contributed by atoms with Gasteiger partial charge < -0.3 is 10.6 Å². The van der Waals surface area contributed by atoms with E-state index >= 15 is 0 Å². The number of hydrogen-bond acceptors (Lipinski definition) is 3. The lowest BCUT2D eigenvalue weighted by Gasteiger charge is -2.28. The van der Waals surface area contributed by atoms with Crippen molar-refractivity contribution in [3.8, 4) is 0 Å². The quantitative estimate of drug-likeness (QED) is 0.874. The van der Waals surface area contributed by atoms with Gasteiger partial charge in [0.15, 0.2) is 0 Å². The maximum atomic E-state index is 5.81. The van der Waals surface area contributed by atoms with Gasteiger partial charge in [-0.15, -0.1) is 0 Å². The van der Waals surface area contributed by atoms with Crippen molar-refractivity contribution < 1.29 is 0 Å². The second-order valence-electron chi connectivity index (χ2n) is 4.46. The third-order valence-corrected chi connectivity index (χ3v) is 4.44. The third kappa shape index (κ3) is 2.36. The Morgan fingerprint density at radius 2 is 2.31 bits per heavy atom. The average molecular weight is 236 g/mol. The van der Waals surface area contributed by atoms with Crippen LogP contribution in [0.5, 0.6) is 0 Å². The lowest BCUT2D eigenvalue weighted by Crippen LogP contribution is -2.32. The number of rotatable bonds is 3. The number of thioether (sulfide) groups is 1. The zero-order chi connectivity index (χ0) is 11.5. The van der Waals surface area contributed by atoms with Gasteiger partial charge in [0.05, 0.1) is 0 Å². The van der Waals surface area contributed by atoms with Crippen LogP contribution in [0.1, 0.15) is 17.5 Å². The SMILES string of the molecule is Cc1ccc(CN)c(N(C)C2CCSC2)c1. The summed E-state index contributed by atoms with van der Waals surface area (Å²) in [6.45, 7) is 2.76. The minimum atomic E-state index is 0.625.